The van der Waals surface area contributed by atoms with Crippen LogP contribution in [0.3, 0.4) is 0 Å². The summed E-state index contributed by atoms with van der Waals surface area (Å²) in [6.45, 7) is 4.34. The topological polar surface area (TPSA) is 114 Å². The predicted octanol–water partition coefficient (Wildman–Crippen LogP) is 0.808. The van der Waals surface area contributed by atoms with Gasteiger partial charge < -0.3 is 25.1 Å². The van der Waals surface area contributed by atoms with Crippen LogP contribution in [0.5, 0.6) is 0 Å². The largest absolute Gasteiger partial charge is 0.409 e. The first kappa shape index (κ1) is 16.0. The van der Waals surface area contributed by atoms with E-state index in [0.29, 0.717) is 12.3 Å². The fourth-order valence-electron chi connectivity index (χ4n) is 1.65. The van der Waals surface area contributed by atoms with Crippen LogP contribution in [0.2, 0.25) is 0 Å². The summed E-state index contributed by atoms with van der Waals surface area (Å²) in [4.78, 5) is 13.9. The van der Waals surface area contributed by atoms with E-state index in [9.17, 15) is 4.79 Å². The number of amidine groups is 1. The Hall–Kier alpha value is -2.09. The van der Waals surface area contributed by atoms with Crippen molar-refractivity contribution in [1.29, 1.82) is 0 Å². The van der Waals surface area contributed by atoms with Crippen molar-refractivity contribution in [3.63, 3.8) is 0 Å². The molecule has 8 nitrogen and oxygen atoms in total. The summed E-state index contributed by atoms with van der Waals surface area (Å²) in [6, 6.07) is 1.50. The molecule has 0 aliphatic carbocycles. The van der Waals surface area contributed by atoms with E-state index in [1.165, 1.54) is 7.11 Å². The van der Waals surface area contributed by atoms with Gasteiger partial charge in [-0.15, -0.1) is 0 Å². The van der Waals surface area contributed by atoms with Gasteiger partial charge >= 0.3 is 0 Å². The molecule has 0 spiro atoms. The van der Waals surface area contributed by atoms with Gasteiger partial charge in [-0.3, -0.25) is 4.79 Å². The Kier molecular flexibility index (Phi) is 5.98. The van der Waals surface area contributed by atoms with Crippen molar-refractivity contribution in [2.24, 2.45) is 10.9 Å². The van der Waals surface area contributed by atoms with Crippen LogP contribution in [0.15, 0.2) is 15.7 Å². The molecule has 0 aromatic carbocycles. The number of oxime groups is 1. The SMILES string of the molecule is COCc1cc(C(=O)N(CCC(N)=NO)C(C)C)no1. The molecule has 0 aliphatic rings. The maximum atomic E-state index is 12.3. The minimum atomic E-state index is -0.267. The lowest BCUT2D eigenvalue weighted by Crippen LogP contribution is -2.39. The summed E-state index contributed by atoms with van der Waals surface area (Å²) in [5.74, 6) is 0.288. The molecule has 0 saturated carbocycles. The van der Waals surface area contributed by atoms with E-state index in [4.69, 9.17) is 20.2 Å². The van der Waals surface area contributed by atoms with Gasteiger partial charge in [0.2, 0.25) is 0 Å². The third-order valence-corrected chi connectivity index (χ3v) is 2.69. The number of nitrogens with zero attached hydrogens (tertiary/aromatic N) is 3. The molecule has 0 bridgehead atoms. The van der Waals surface area contributed by atoms with Gasteiger partial charge in [0.25, 0.3) is 5.91 Å². The van der Waals surface area contributed by atoms with Crippen LogP contribution < -0.4 is 5.73 Å². The number of nitrogens with two attached hydrogens (primary N) is 1. The Morgan fingerprint density at radius 2 is 2.35 bits per heavy atom. The number of rotatable bonds is 7. The summed E-state index contributed by atoms with van der Waals surface area (Å²) in [5.41, 5.74) is 5.63. The van der Waals surface area contributed by atoms with E-state index in [1.807, 2.05) is 13.8 Å². The molecule has 0 radical (unpaired) electrons. The second-order valence-electron chi connectivity index (χ2n) is 4.55. The normalized spacial score (nSPS) is 11.9. The van der Waals surface area contributed by atoms with E-state index in [2.05, 4.69) is 10.3 Å². The Morgan fingerprint density at radius 1 is 1.65 bits per heavy atom. The van der Waals surface area contributed by atoms with Crippen LogP contribution in [0.1, 0.15) is 36.5 Å². The summed E-state index contributed by atoms with van der Waals surface area (Å²) < 4.78 is 9.90. The average molecular weight is 284 g/mol. The number of hydrogen-bond donors (Lipinski definition) is 2. The van der Waals surface area contributed by atoms with Crippen molar-refractivity contribution in [3.8, 4) is 0 Å². The third kappa shape index (κ3) is 4.23. The fourth-order valence-corrected chi connectivity index (χ4v) is 1.65. The first-order chi connectivity index (χ1) is 9.49. The van der Waals surface area contributed by atoms with Gasteiger partial charge in [0.15, 0.2) is 11.5 Å². The second-order valence-corrected chi connectivity index (χ2v) is 4.55. The molecule has 1 aromatic heterocycles. The quantitative estimate of drug-likeness (QED) is 0.331. The molecule has 1 amide bonds. The van der Waals surface area contributed by atoms with E-state index < -0.39 is 0 Å². The summed E-state index contributed by atoms with van der Waals surface area (Å²) in [6.07, 6.45) is 0.281. The van der Waals surface area contributed by atoms with Crippen molar-refractivity contribution in [1.82, 2.24) is 10.1 Å². The lowest BCUT2D eigenvalue weighted by Gasteiger charge is -2.25. The van der Waals surface area contributed by atoms with E-state index in [0.717, 1.165) is 0 Å². The Morgan fingerprint density at radius 3 is 2.90 bits per heavy atom. The van der Waals surface area contributed by atoms with Crippen molar-refractivity contribution in [2.75, 3.05) is 13.7 Å². The van der Waals surface area contributed by atoms with Crippen LogP contribution in [0, 0.1) is 0 Å². The van der Waals surface area contributed by atoms with Crippen LogP contribution >= 0.6 is 0 Å². The Balaban J connectivity index is 2.77. The number of amides is 1. The Labute approximate surface area is 117 Å². The molecule has 1 heterocycles. The minimum Gasteiger partial charge on any atom is -0.409 e. The molecule has 20 heavy (non-hydrogen) atoms. The zero-order valence-electron chi connectivity index (χ0n) is 11.9. The lowest BCUT2D eigenvalue weighted by molar-refractivity contribution is 0.0700. The number of hydrogen-bond acceptors (Lipinski definition) is 6. The highest BCUT2D eigenvalue weighted by Gasteiger charge is 2.22. The molecule has 3 N–H and O–H groups in total. The molecule has 0 saturated heterocycles. The van der Waals surface area contributed by atoms with E-state index in [-0.39, 0.29) is 36.5 Å². The van der Waals surface area contributed by atoms with Crippen LogP contribution in [0.25, 0.3) is 0 Å². The third-order valence-electron chi connectivity index (χ3n) is 2.69. The van der Waals surface area contributed by atoms with Gasteiger partial charge in [-0.05, 0) is 13.8 Å². The molecule has 1 rings (SSSR count). The molecule has 1 aromatic rings. The second kappa shape index (κ2) is 7.49. The number of carbonyl (C=O) groups excluding carboxylic acids is 1. The number of aromatic nitrogens is 1. The van der Waals surface area contributed by atoms with Crippen molar-refractivity contribution in [3.05, 3.63) is 17.5 Å². The summed E-state index contributed by atoms with van der Waals surface area (Å²) in [7, 11) is 1.53. The highest BCUT2D eigenvalue weighted by molar-refractivity contribution is 5.92. The molecule has 0 fully saturated rings. The van der Waals surface area contributed by atoms with Crippen molar-refractivity contribution in [2.45, 2.75) is 32.9 Å². The van der Waals surface area contributed by atoms with Gasteiger partial charge in [-0.1, -0.05) is 10.3 Å². The monoisotopic (exact) mass is 284 g/mol. The van der Waals surface area contributed by atoms with E-state index in [1.54, 1.807) is 11.0 Å². The minimum absolute atomic E-state index is 0.0448. The maximum Gasteiger partial charge on any atom is 0.276 e. The predicted molar refractivity (Wildman–Crippen MR) is 71.4 cm³/mol. The zero-order chi connectivity index (χ0) is 15.1. The van der Waals surface area contributed by atoms with Crippen LogP contribution in [-0.2, 0) is 11.3 Å². The van der Waals surface area contributed by atoms with Crippen molar-refractivity contribution < 1.29 is 19.3 Å². The number of carbonyl (C=O) groups is 1. The van der Waals surface area contributed by atoms with Gasteiger partial charge in [0.05, 0.1) is 0 Å². The lowest BCUT2D eigenvalue weighted by atomic mass is 10.2. The number of methoxy groups -OCH3 is 1. The van der Waals surface area contributed by atoms with Gasteiger partial charge in [-0.2, -0.15) is 0 Å². The highest BCUT2D eigenvalue weighted by Crippen LogP contribution is 2.11. The molecular formula is C12H20N4O4. The highest BCUT2D eigenvalue weighted by atomic mass is 16.5. The van der Waals surface area contributed by atoms with Gasteiger partial charge in [0.1, 0.15) is 12.4 Å². The van der Waals surface area contributed by atoms with Crippen molar-refractivity contribution >= 4 is 11.7 Å². The first-order valence-corrected chi connectivity index (χ1v) is 6.21. The molecule has 112 valence electrons. The standard InChI is InChI=1S/C12H20N4O4/c1-8(2)16(5-4-11(13)14-18)12(17)10-6-9(7-19-3)20-15-10/h6,8,18H,4-5,7H2,1-3H3,(H2,13,14). The smallest absolute Gasteiger partial charge is 0.276 e. The maximum absolute atomic E-state index is 12.3. The van der Waals surface area contributed by atoms with Crippen LogP contribution in [0.4, 0.5) is 0 Å². The first-order valence-electron chi connectivity index (χ1n) is 6.21. The summed E-state index contributed by atoms with van der Waals surface area (Å²) in [5, 5.41) is 15.1. The molecule has 0 aliphatic heterocycles. The number of ether oxygens (including phenoxy) is 1. The molecular weight excluding hydrogens is 264 g/mol. The zero-order valence-corrected chi connectivity index (χ0v) is 11.9. The summed E-state index contributed by atoms with van der Waals surface area (Å²) >= 11 is 0. The fraction of sp³-hybridized carbons (Fsp3) is 0.583. The van der Waals surface area contributed by atoms with Crippen LogP contribution in [-0.4, -0.2) is 46.7 Å². The molecule has 8 heteroatoms. The van der Waals surface area contributed by atoms with E-state index >= 15 is 0 Å². The average Bonchev–Trinajstić information content (AvgIpc) is 2.87. The van der Waals surface area contributed by atoms with Gasteiger partial charge in [0, 0.05) is 32.2 Å². The molecule has 0 unspecified atom stereocenters. The Bertz CT molecular complexity index is 470. The molecule has 0 atom stereocenters. The van der Waals surface area contributed by atoms with Gasteiger partial charge in [-0.25, -0.2) is 0 Å².